The van der Waals surface area contributed by atoms with Gasteiger partial charge in [0.05, 0.1) is 31.6 Å². The first-order valence-electron chi connectivity index (χ1n) is 8.44. The number of aliphatic hydroxyl groups is 1. The lowest BCUT2D eigenvalue weighted by atomic mass is 10.1. The molecule has 1 aromatic heterocycles. The molecule has 126 valence electrons. The Morgan fingerprint density at radius 2 is 2.12 bits per heavy atom. The Morgan fingerprint density at radius 1 is 1.29 bits per heavy atom. The number of hydrogen-bond donors (Lipinski definition) is 1. The van der Waals surface area contributed by atoms with Crippen molar-refractivity contribution in [3.8, 4) is 0 Å². The van der Waals surface area contributed by atoms with Gasteiger partial charge in [0.15, 0.2) is 0 Å². The first kappa shape index (κ1) is 15.4. The lowest BCUT2D eigenvalue weighted by molar-refractivity contribution is -0.120. The summed E-state index contributed by atoms with van der Waals surface area (Å²) >= 11 is 0. The molecule has 2 aliphatic heterocycles. The minimum atomic E-state index is 0.0785. The molecule has 1 amide bonds. The highest BCUT2D eigenvalue weighted by Crippen LogP contribution is 2.32. The molecule has 0 saturated carbocycles. The zero-order valence-electron chi connectivity index (χ0n) is 13.9. The van der Waals surface area contributed by atoms with Gasteiger partial charge in [-0.15, -0.1) is 0 Å². The van der Waals surface area contributed by atoms with Crippen molar-refractivity contribution < 1.29 is 9.90 Å². The molecule has 6 heteroatoms. The maximum Gasteiger partial charge on any atom is 0.241 e. The maximum absolute atomic E-state index is 12.9. The average molecular weight is 326 g/mol. The highest BCUT2D eigenvalue weighted by Gasteiger charge is 2.33. The number of carbonyl (C=O) groups excluding carboxylic acids is 1. The van der Waals surface area contributed by atoms with Gasteiger partial charge in [-0.05, 0) is 25.0 Å². The normalized spacial score (nSPS) is 19.6. The summed E-state index contributed by atoms with van der Waals surface area (Å²) < 4.78 is 1.84. The van der Waals surface area contributed by atoms with Crippen molar-refractivity contribution in [3.05, 3.63) is 47.3 Å². The van der Waals surface area contributed by atoms with Crippen LogP contribution in [0.25, 0.3) is 0 Å². The Morgan fingerprint density at radius 3 is 2.96 bits per heavy atom. The van der Waals surface area contributed by atoms with Gasteiger partial charge in [-0.1, -0.05) is 18.2 Å². The average Bonchev–Trinajstić information content (AvgIpc) is 3.20. The number of benzene rings is 1. The zero-order valence-corrected chi connectivity index (χ0v) is 13.9. The van der Waals surface area contributed by atoms with Crippen LogP contribution in [0.1, 0.15) is 23.7 Å². The second kappa shape index (κ2) is 6.03. The van der Waals surface area contributed by atoms with E-state index in [1.807, 2.05) is 34.0 Å². The van der Waals surface area contributed by atoms with Crippen LogP contribution in [0.2, 0.25) is 0 Å². The van der Waals surface area contributed by atoms with Crippen molar-refractivity contribution in [2.45, 2.75) is 39.0 Å². The predicted molar refractivity (Wildman–Crippen MR) is 90.5 cm³/mol. The van der Waals surface area contributed by atoms with Crippen molar-refractivity contribution in [2.75, 3.05) is 18.1 Å². The largest absolute Gasteiger partial charge is 0.394 e. The van der Waals surface area contributed by atoms with Gasteiger partial charge in [0.2, 0.25) is 5.91 Å². The lowest BCUT2D eigenvalue weighted by Crippen LogP contribution is -2.42. The van der Waals surface area contributed by atoms with E-state index in [1.165, 1.54) is 5.56 Å². The first-order chi connectivity index (χ1) is 11.7. The lowest BCUT2D eigenvalue weighted by Gasteiger charge is -2.25. The zero-order chi connectivity index (χ0) is 16.7. The number of carbonyl (C=O) groups is 1. The second-order valence-electron chi connectivity index (χ2n) is 6.65. The molecule has 3 heterocycles. The minimum absolute atomic E-state index is 0.0785. The Balaban J connectivity index is 1.46. The molecule has 2 aliphatic rings. The highest BCUT2D eigenvalue weighted by atomic mass is 16.3. The summed E-state index contributed by atoms with van der Waals surface area (Å²) in [4.78, 5) is 17.0. The third kappa shape index (κ3) is 2.52. The van der Waals surface area contributed by atoms with Crippen molar-refractivity contribution in [1.82, 2.24) is 14.7 Å². The monoisotopic (exact) mass is 326 g/mol. The summed E-state index contributed by atoms with van der Waals surface area (Å²) in [5, 5.41) is 13.4. The van der Waals surface area contributed by atoms with E-state index in [0.717, 1.165) is 29.9 Å². The van der Waals surface area contributed by atoms with E-state index >= 15 is 0 Å². The molecule has 0 aliphatic carbocycles. The summed E-state index contributed by atoms with van der Waals surface area (Å²) in [5.41, 5.74) is 4.58. The number of para-hydroxylation sites is 1. The number of aliphatic hydroxyl groups excluding tert-OH is 1. The van der Waals surface area contributed by atoms with Crippen molar-refractivity contribution in [2.24, 2.45) is 0 Å². The van der Waals surface area contributed by atoms with Gasteiger partial charge >= 0.3 is 0 Å². The third-order valence-electron chi connectivity index (χ3n) is 4.95. The summed E-state index contributed by atoms with van der Waals surface area (Å²) in [6.07, 6.45) is 2.77. The molecule has 1 N–H and O–H groups in total. The van der Waals surface area contributed by atoms with Gasteiger partial charge in [-0.25, -0.2) is 0 Å². The standard InChI is InChI=1S/C18H22N4O2/c1-13-8-14-4-2-3-5-16(14)22(13)18(24)12-20-10-15-9-19-21(6-7-23)17(15)11-20/h2-5,9,13,23H,6-8,10-12H2,1H3. The SMILES string of the molecule is CC1Cc2ccccc2N1C(=O)CN1Cc2cnn(CCO)c2C1. The number of anilines is 1. The molecule has 6 nitrogen and oxygen atoms in total. The number of rotatable bonds is 4. The van der Waals surface area contributed by atoms with Crippen molar-refractivity contribution in [1.29, 1.82) is 0 Å². The van der Waals surface area contributed by atoms with E-state index in [-0.39, 0.29) is 18.6 Å². The quantitative estimate of drug-likeness (QED) is 0.916. The van der Waals surface area contributed by atoms with Crippen molar-refractivity contribution in [3.63, 3.8) is 0 Å². The molecule has 0 bridgehead atoms. The van der Waals surface area contributed by atoms with Crippen LogP contribution in [0.4, 0.5) is 5.69 Å². The molecule has 4 rings (SSSR count). The Hall–Kier alpha value is -2.18. The Bertz CT molecular complexity index is 770. The fourth-order valence-electron chi connectivity index (χ4n) is 3.89. The van der Waals surface area contributed by atoms with E-state index < -0.39 is 0 Å². The van der Waals surface area contributed by atoms with Crippen LogP contribution in [0, 0.1) is 0 Å². The van der Waals surface area contributed by atoms with Gasteiger partial charge in [0.25, 0.3) is 0 Å². The number of fused-ring (bicyclic) bond motifs is 2. The number of hydrogen-bond acceptors (Lipinski definition) is 4. The molecule has 1 aromatic carbocycles. The highest BCUT2D eigenvalue weighted by molar-refractivity contribution is 5.97. The van der Waals surface area contributed by atoms with Gasteiger partial charge in [-0.3, -0.25) is 14.4 Å². The fraction of sp³-hybridized carbons (Fsp3) is 0.444. The van der Waals surface area contributed by atoms with E-state index in [9.17, 15) is 4.79 Å². The number of amides is 1. The molecule has 1 atom stereocenters. The van der Waals surface area contributed by atoms with Crippen LogP contribution in [-0.2, 0) is 30.8 Å². The van der Waals surface area contributed by atoms with Crippen LogP contribution in [-0.4, -0.2) is 44.9 Å². The summed E-state index contributed by atoms with van der Waals surface area (Å²) in [7, 11) is 0. The van der Waals surface area contributed by atoms with Crippen LogP contribution >= 0.6 is 0 Å². The summed E-state index contributed by atoms with van der Waals surface area (Å²) in [6.45, 7) is 4.56. The van der Waals surface area contributed by atoms with Gasteiger partial charge in [-0.2, -0.15) is 5.10 Å². The third-order valence-corrected chi connectivity index (χ3v) is 4.95. The van der Waals surface area contributed by atoms with Crippen LogP contribution in [0.3, 0.4) is 0 Å². The second-order valence-corrected chi connectivity index (χ2v) is 6.65. The van der Waals surface area contributed by atoms with E-state index in [2.05, 4.69) is 23.0 Å². The van der Waals surface area contributed by atoms with Crippen LogP contribution in [0.5, 0.6) is 0 Å². The van der Waals surface area contributed by atoms with Gasteiger partial charge < -0.3 is 10.0 Å². The molecule has 0 saturated heterocycles. The molecule has 24 heavy (non-hydrogen) atoms. The van der Waals surface area contributed by atoms with Crippen LogP contribution < -0.4 is 4.90 Å². The topological polar surface area (TPSA) is 61.6 Å². The Kier molecular flexibility index (Phi) is 3.86. The summed E-state index contributed by atoms with van der Waals surface area (Å²) in [6, 6.07) is 8.38. The molecular formula is C18H22N4O2. The predicted octanol–water partition coefficient (Wildman–Crippen LogP) is 1.17. The number of nitrogens with zero attached hydrogens (tertiary/aromatic N) is 4. The molecule has 1 unspecified atom stereocenters. The Labute approximate surface area is 141 Å². The summed E-state index contributed by atoms with van der Waals surface area (Å²) in [5.74, 6) is 0.152. The van der Waals surface area contributed by atoms with Crippen molar-refractivity contribution >= 4 is 11.6 Å². The molecule has 0 radical (unpaired) electrons. The fourth-order valence-corrected chi connectivity index (χ4v) is 3.89. The van der Waals surface area contributed by atoms with Crippen LogP contribution in [0.15, 0.2) is 30.5 Å². The van der Waals surface area contributed by atoms with E-state index in [1.54, 1.807) is 0 Å². The van der Waals surface area contributed by atoms with E-state index in [4.69, 9.17) is 5.11 Å². The molecular weight excluding hydrogens is 304 g/mol. The molecule has 0 spiro atoms. The smallest absolute Gasteiger partial charge is 0.241 e. The minimum Gasteiger partial charge on any atom is -0.394 e. The van der Waals surface area contributed by atoms with Gasteiger partial charge in [0.1, 0.15) is 0 Å². The molecule has 2 aromatic rings. The van der Waals surface area contributed by atoms with Gasteiger partial charge in [0, 0.05) is 30.4 Å². The van der Waals surface area contributed by atoms with E-state index in [0.29, 0.717) is 19.6 Å². The molecule has 0 fully saturated rings. The number of aromatic nitrogens is 2. The first-order valence-corrected chi connectivity index (χ1v) is 8.44. The maximum atomic E-state index is 12.9.